The lowest BCUT2D eigenvalue weighted by molar-refractivity contribution is 0.644. The zero-order chi connectivity index (χ0) is 6.41. The van der Waals surface area contributed by atoms with Crippen LogP contribution in [-0.4, -0.2) is 12.2 Å². The van der Waals surface area contributed by atoms with Crippen LogP contribution in [0.3, 0.4) is 0 Å². The summed E-state index contributed by atoms with van der Waals surface area (Å²) in [5.41, 5.74) is 0. The number of hydrogen-bond acceptors (Lipinski definition) is 4. The molecule has 0 saturated carbocycles. The first-order valence-electron chi connectivity index (χ1n) is 1.95. The average molecular weight is 130 g/mol. The molecule has 0 aromatic heterocycles. The van der Waals surface area contributed by atoms with Crippen molar-refractivity contribution >= 4 is 17.9 Å². The number of hydrogen-bond donors (Lipinski definition) is 0. The van der Waals surface area contributed by atoms with E-state index in [1.807, 2.05) is 0 Å². The number of aliphatic imine (C=N–C) groups is 1. The molecular formula is C4H6N2OS. The Morgan fingerprint density at radius 3 is 2.88 bits per heavy atom. The van der Waals surface area contributed by atoms with Crippen LogP contribution in [0.2, 0.25) is 0 Å². The molecule has 44 valence electrons. The summed E-state index contributed by atoms with van der Waals surface area (Å²) >= 11 is 1.17. The summed E-state index contributed by atoms with van der Waals surface area (Å²) in [5, 5.41) is 7.94. The third kappa shape index (κ3) is 3.50. The van der Waals surface area contributed by atoms with Gasteiger partial charge in [0.25, 0.3) is 0 Å². The molecule has 0 unspecified atom stereocenters. The minimum Gasteiger partial charge on any atom is -0.410 e. The summed E-state index contributed by atoms with van der Waals surface area (Å²) in [7, 11) is 0. The highest BCUT2D eigenvalue weighted by Crippen LogP contribution is 1.95. The van der Waals surface area contributed by atoms with Gasteiger partial charge in [-0.25, -0.2) is 0 Å². The van der Waals surface area contributed by atoms with Gasteiger partial charge in [-0.15, -0.1) is 4.99 Å². The molecule has 0 atom stereocenters. The smallest absolute Gasteiger partial charge is 0.211 e. The number of nitrogens with zero attached hydrogens (tertiary/aromatic N) is 2. The highest BCUT2D eigenvalue weighted by molar-refractivity contribution is 7.94. The lowest BCUT2D eigenvalue weighted by Gasteiger charge is -1.92. The Labute approximate surface area is 52.6 Å². The van der Waals surface area contributed by atoms with E-state index >= 15 is 0 Å². The molecule has 0 spiro atoms. The fraction of sp³-hybridized carbons (Fsp3) is 0.500. The first-order chi connectivity index (χ1) is 3.81. The molecule has 0 heterocycles. The van der Waals surface area contributed by atoms with Crippen LogP contribution in [0, 0.1) is 11.5 Å². The lowest BCUT2D eigenvalue weighted by Crippen LogP contribution is -1.88. The van der Waals surface area contributed by atoms with E-state index in [-0.39, 0.29) is 0 Å². The maximum absolute atomic E-state index is 7.94. The summed E-state index contributed by atoms with van der Waals surface area (Å²) in [6.07, 6.45) is 3.36. The predicted molar refractivity (Wildman–Crippen MR) is 33.3 cm³/mol. The Kier molecular flexibility index (Phi) is 4.08. The second-order valence-electron chi connectivity index (χ2n) is 0.981. The van der Waals surface area contributed by atoms with Crippen molar-refractivity contribution in [2.75, 3.05) is 6.26 Å². The van der Waals surface area contributed by atoms with Crippen LogP contribution in [0.4, 0.5) is 0 Å². The molecule has 0 fully saturated rings. The van der Waals surface area contributed by atoms with Gasteiger partial charge in [0.05, 0.1) is 12.0 Å². The molecule has 0 amide bonds. The Balaban J connectivity index is 3.49. The van der Waals surface area contributed by atoms with E-state index in [1.165, 1.54) is 12.0 Å². The van der Waals surface area contributed by atoms with Crippen molar-refractivity contribution in [2.45, 2.75) is 6.92 Å². The van der Waals surface area contributed by atoms with E-state index in [1.54, 1.807) is 19.4 Å². The van der Waals surface area contributed by atoms with Crippen molar-refractivity contribution in [3.05, 3.63) is 0 Å². The lowest BCUT2D eigenvalue weighted by atomic mass is 10.8. The van der Waals surface area contributed by atoms with Crippen LogP contribution >= 0.6 is 12.0 Å². The summed E-state index contributed by atoms with van der Waals surface area (Å²) in [5.74, 6) is 0.389. The normalized spacial score (nSPS) is 10.4. The molecule has 3 nitrogen and oxygen atoms in total. The van der Waals surface area contributed by atoms with E-state index in [9.17, 15) is 0 Å². The second-order valence-corrected chi connectivity index (χ2v) is 1.48. The molecule has 0 rings (SSSR count). The van der Waals surface area contributed by atoms with Crippen molar-refractivity contribution in [2.24, 2.45) is 4.99 Å². The van der Waals surface area contributed by atoms with E-state index in [0.29, 0.717) is 5.90 Å². The average Bonchev–Trinajstić information content (AvgIpc) is 1.68. The zero-order valence-electron chi connectivity index (χ0n) is 4.71. The van der Waals surface area contributed by atoms with Crippen LogP contribution in [0.1, 0.15) is 6.92 Å². The van der Waals surface area contributed by atoms with Crippen molar-refractivity contribution in [3.8, 4) is 6.19 Å². The minimum atomic E-state index is 0.389. The first kappa shape index (κ1) is 7.31. The molecule has 0 aliphatic carbocycles. The molecule has 0 aromatic rings. The third-order valence-corrected chi connectivity index (χ3v) is 0.819. The number of rotatable bonds is 1. The van der Waals surface area contributed by atoms with Crippen molar-refractivity contribution < 1.29 is 4.18 Å². The topological polar surface area (TPSA) is 45.4 Å². The quantitative estimate of drug-likeness (QED) is 0.232. The molecule has 8 heavy (non-hydrogen) atoms. The van der Waals surface area contributed by atoms with Crippen LogP contribution < -0.4 is 0 Å². The minimum absolute atomic E-state index is 0.389. The Bertz CT molecular complexity index is 126. The SMILES string of the molecule is CSO/C(C)=N/C#N. The van der Waals surface area contributed by atoms with E-state index in [2.05, 4.69) is 4.99 Å². The fourth-order valence-corrected chi connectivity index (χ4v) is 0.488. The van der Waals surface area contributed by atoms with E-state index in [4.69, 9.17) is 9.44 Å². The largest absolute Gasteiger partial charge is 0.410 e. The van der Waals surface area contributed by atoms with Gasteiger partial charge in [0.1, 0.15) is 0 Å². The van der Waals surface area contributed by atoms with Crippen molar-refractivity contribution in [3.63, 3.8) is 0 Å². The first-order valence-corrected chi connectivity index (χ1v) is 3.10. The fourth-order valence-electron chi connectivity index (χ4n) is 0.210. The summed E-state index contributed by atoms with van der Waals surface area (Å²) in [4.78, 5) is 3.29. The molecule has 0 radical (unpaired) electrons. The Morgan fingerprint density at radius 2 is 2.50 bits per heavy atom. The monoisotopic (exact) mass is 130 g/mol. The summed E-state index contributed by atoms with van der Waals surface area (Å²) in [6, 6.07) is 0. The van der Waals surface area contributed by atoms with Gasteiger partial charge in [-0.1, -0.05) is 0 Å². The predicted octanol–water partition coefficient (Wildman–Crippen LogP) is 1.18. The van der Waals surface area contributed by atoms with Crippen LogP contribution in [0.5, 0.6) is 0 Å². The van der Waals surface area contributed by atoms with E-state index in [0.717, 1.165) is 0 Å². The molecule has 0 saturated heterocycles. The standard InChI is InChI=1S/C4H6N2OS/c1-4(6-3-5)7-8-2/h1-2H3/b6-4+. The van der Waals surface area contributed by atoms with Crippen molar-refractivity contribution in [1.82, 2.24) is 0 Å². The highest BCUT2D eigenvalue weighted by atomic mass is 32.2. The van der Waals surface area contributed by atoms with Crippen molar-refractivity contribution in [1.29, 1.82) is 5.26 Å². The van der Waals surface area contributed by atoms with Gasteiger partial charge in [0, 0.05) is 13.2 Å². The highest BCUT2D eigenvalue weighted by Gasteiger charge is 1.84. The molecule has 4 heteroatoms. The summed E-state index contributed by atoms with van der Waals surface area (Å²) < 4.78 is 4.73. The maximum Gasteiger partial charge on any atom is 0.211 e. The molecule has 0 aliphatic heterocycles. The van der Waals surface area contributed by atoms with Crippen LogP contribution in [0.25, 0.3) is 0 Å². The van der Waals surface area contributed by atoms with Gasteiger partial charge < -0.3 is 4.18 Å². The Hall–Kier alpha value is -0.690. The molecule has 0 aromatic carbocycles. The second kappa shape index (κ2) is 4.47. The maximum atomic E-state index is 7.94. The summed E-state index contributed by atoms with van der Waals surface area (Å²) in [6.45, 7) is 1.62. The van der Waals surface area contributed by atoms with Gasteiger partial charge in [0.15, 0.2) is 0 Å². The van der Waals surface area contributed by atoms with Crippen LogP contribution in [0.15, 0.2) is 4.99 Å². The number of nitriles is 1. The van der Waals surface area contributed by atoms with Gasteiger partial charge in [-0.05, 0) is 0 Å². The molecular weight excluding hydrogens is 124 g/mol. The zero-order valence-corrected chi connectivity index (χ0v) is 5.53. The van der Waals surface area contributed by atoms with Gasteiger partial charge >= 0.3 is 0 Å². The third-order valence-electron chi connectivity index (χ3n) is 0.411. The molecule has 0 N–H and O–H groups in total. The van der Waals surface area contributed by atoms with Gasteiger partial charge in [-0.3, -0.25) is 0 Å². The van der Waals surface area contributed by atoms with Gasteiger partial charge in [-0.2, -0.15) is 5.26 Å². The van der Waals surface area contributed by atoms with E-state index < -0.39 is 0 Å². The molecule has 0 aliphatic rings. The van der Waals surface area contributed by atoms with Crippen LogP contribution in [-0.2, 0) is 4.18 Å². The molecule has 0 bridgehead atoms. The van der Waals surface area contributed by atoms with Gasteiger partial charge in [0.2, 0.25) is 12.1 Å². The Morgan fingerprint density at radius 1 is 1.88 bits per heavy atom.